The molecule has 0 spiro atoms. The van der Waals surface area contributed by atoms with Crippen molar-refractivity contribution in [2.24, 2.45) is 11.8 Å². The molecule has 9 unspecified atom stereocenters. The summed E-state index contributed by atoms with van der Waals surface area (Å²) in [5.74, 6) is -0.835. The van der Waals surface area contributed by atoms with Crippen LogP contribution in [0.2, 0.25) is 0 Å². The molecular formula is C15H22O9. The lowest BCUT2D eigenvalue weighted by Gasteiger charge is -2.42. The Kier molecular flexibility index (Phi) is 5.23. The first kappa shape index (κ1) is 17.8. The molecule has 0 amide bonds. The van der Waals surface area contributed by atoms with Crippen molar-refractivity contribution in [1.82, 2.24) is 0 Å². The molecular weight excluding hydrogens is 324 g/mol. The van der Waals surface area contributed by atoms with Crippen LogP contribution in [0.3, 0.4) is 0 Å². The van der Waals surface area contributed by atoms with Gasteiger partial charge in [0, 0.05) is 11.8 Å². The van der Waals surface area contributed by atoms with E-state index in [2.05, 4.69) is 0 Å². The standard InChI is InChI=1S/C15H22O9/c16-3-6-5-22-14(7-1-2-8(18)10(6)7)24-15-13(21)12(20)11(19)9(4-17)23-15/h1-2,5,7-21H,3-4H2. The molecule has 3 rings (SSSR count). The Bertz CT molecular complexity index is 505. The summed E-state index contributed by atoms with van der Waals surface area (Å²) >= 11 is 0. The summed E-state index contributed by atoms with van der Waals surface area (Å²) in [6, 6.07) is 0. The summed E-state index contributed by atoms with van der Waals surface area (Å²) in [5.41, 5.74) is 0.520. The highest BCUT2D eigenvalue weighted by Crippen LogP contribution is 2.40. The Morgan fingerprint density at radius 2 is 1.71 bits per heavy atom. The maximum Gasteiger partial charge on any atom is 0.208 e. The van der Waals surface area contributed by atoms with Gasteiger partial charge in [0.1, 0.15) is 24.4 Å². The predicted octanol–water partition coefficient (Wildman–Crippen LogP) is -2.80. The molecule has 9 heteroatoms. The van der Waals surface area contributed by atoms with Crippen LogP contribution in [0.4, 0.5) is 0 Å². The minimum atomic E-state index is -1.55. The van der Waals surface area contributed by atoms with Gasteiger partial charge in [-0.3, -0.25) is 0 Å². The number of fused-ring (bicyclic) bond motifs is 1. The Morgan fingerprint density at radius 1 is 0.958 bits per heavy atom. The van der Waals surface area contributed by atoms with Crippen molar-refractivity contribution in [2.45, 2.75) is 43.1 Å². The fourth-order valence-corrected chi connectivity index (χ4v) is 3.34. The van der Waals surface area contributed by atoms with E-state index in [1.165, 1.54) is 6.26 Å². The Balaban J connectivity index is 1.73. The molecule has 0 bridgehead atoms. The average Bonchev–Trinajstić information content (AvgIpc) is 2.98. The highest BCUT2D eigenvalue weighted by Gasteiger charge is 2.48. The average molecular weight is 346 g/mol. The zero-order valence-electron chi connectivity index (χ0n) is 12.8. The van der Waals surface area contributed by atoms with Crippen molar-refractivity contribution in [3.8, 4) is 0 Å². The first-order valence-corrected chi connectivity index (χ1v) is 7.75. The Morgan fingerprint density at radius 3 is 2.38 bits per heavy atom. The lowest BCUT2D eigenvalue weighted by atomic mass is 9.85. The number of aliphatic hydroxyl groups excluding tert-OH is 6. The molecule has 3 aliphatic rings. The normalized spacial score (nSPS) is 47.9. The molecule has 0 aromatic carbocycles. The Hall–Kier alpha value is -1.04. The molecule has 24 heavy (non-hydrogen) atoms. The molecule has 0 radical (unpaired) electrons. The fraction of sp³-hybridized carbons (Fsp3) is 0.733. The molecule has 9 atom stereocenters. The van der Waals surface area contributed by atoms with Crippen LogP contribution in [0.1, 0.15) is 0 Å². The third kappa shape index (κ3) is 2.98. The van der Waals surface area contributed by atoms with Crippen molar-refractivity contribution in [3.05, 3.63) is 24.0 Å². The number of hydrogen-bond donors (Lipinski definition) is 6. The molecule has 2 aliphatic heterocycles. The summed E-state index contributed by atoms with van der Waals surface area (Å²) in [6.07, 6.45) is -4.15. The van der Waals surface area contributed by atoms with Crippen LogP contribution >= 0.6 is 0 Å². The van der Waals surface area contributed by atoms with E-state index >= 15 is 0 Å². The van der Waals surface area contributed by atoms with E-state index in [4.69, 9.17) is 14.2 Å². The van der Waals surface area contributed by atoms with Gasteiger partial charge in [0.2, 0.25) is 6.29 Å². The van der Waals surface area contributed by atoms with E-state index in [-0.39, 0.29) is 6.61 Å². The first-order valence-electron chi connectivity index (χ1n) is 7.75. The second kappa shape index (κ2) is 7.06. The fourth-order valence-electron chi connectivity index (χ4n) is 3.34. The van der Waals surface area contributed by atoms with Gasteiger partial charge >= 0.3 is 0 Å². The van der Waals surface area contributed by atoms with E-state index in [1.54, 1.807) is 12.2 Å². The van der Waals surface area contributed by atoms with Crippen LogP contribution in [0.5, 0.6) is 0 Å². The quantitative estimate of drug-likeness (QED) is 0.297. The maximum atomic E-state index is 10.0. The van der Waals surface area contributed by atoms with Gasteiger partial charge in [-0.1, -0.05) is 12.2 Å². The van der Waals surface area contributed by atoms with Gasteiger partial charge in [-0.15, -0.1) is 0 Å². The van der Waals surface area contributed by atoms with Crippen molar-refractivity contribution in [1.29, 1.82) is 0 Å². The summed E-state index contributed by atoms with van der Waals surface area (Å²) in [6.45, 7) is -0.831. The second-order valence-corrected chi connectivity index (χ2v) is 6.17. The van der Waals surface area contributed by atoms with Gasteiger partial charge in [-0.2, -0.15) is 0 Å². The van der Waals surface area contributed by atoms with Crippen LogP contribution in [0.25, 0.3) is 0 Å². The lowest BCUT2D eigenvalue weighted by Crippen LogP contribution is -2.60. The third-order valence-corrected chi connectivity index (χ3v) is 4.71. The molecule has 1 fully saturated rings. The number of rotatable bonds is 4. The van der Waals surface area contributed by atoms with Crippen molar-refractivity contribution >= 4 is 0 Å². The molecule has 0 aromatic rings. The zero-order valence-corrected chi connectivity index (χ0v) is 12.8. The maximum absolute atomic E-state index is 10.0. The van der Waals surface area contributed by atoms with E-state index in [1.807, 2.05) is 0 Å². The van der Waals surface area contributed by atoms with Crippen molar-refractivity contribution < 1.29 is 44.8 Å². The minimum absolute atomic E-state index is 0.271. The third-order valence-electron chi connectivity index (χ3n) is 4.71. The highest BCUT2D eigenvalue weighted by molar-refractivity contribution is 5.23. The smallest absolute Gasteiger partial charge is 0.208 e. The number of ether oxygens (including phenoxy) is 3. The second-order valence-electron chi connectivity index (χ2n) is 6.17. The van der Waals surface area contributed by atoms with Crippen molar-refractivity contribution in [2.75, 3.05) is 13.2 Å². The predicted molar refractivity (Wildman–Crippen MR) is 77.0 cm³/mol. The molecule has 2 heterocycles. The largest absolute Gasteiger partial charge is 0.472 e. The van der Waals surface area contributed by atoms with Crippen LogP contribution in [0, 0.1) is 11.8 Å². The van der Waals surface area contributed by atoms with Gasteiger partial charge in [0.25, 0.3) is 0 Å². The SMILES string of the molecule is OCC1=COC(OC2OC(CO)C(O)C(O)C2O)C2C=CC(O)C12. The summed E-state index contributed by atoms with van der Waals surface area (Å²) in [4.78, 5) is 0. The van der Waals surface area contributed by atoms with Gasteiger partial charge in [0.05, 0.1) is 25.6 Å². The van der Waals surface area contributed by atoms with E-state index in [0.717, 1.165) is 0 Å². The van der Waals surface area contributed by atoms with Crippen molar-refractivity contribution in [3.63, 3.8) is 0 Å². The summed E-state index contributed by atoms with van der Waals surface area (Å²) in [5, 5.41) is 58.2. The van der Waals surface area contributed by atoms with Gasteiger partial charge in [-0.25, -0.2) is 0 Å². The highest BCUT2D eigenvalue weighted by atomic mass is 16.8. The molecule has 136 valence electrons. The molecule has 6 N–H and O–H groups in total. The monoisotopic (exact) mass is 346 g/mol. The minimum Gasteiger partial charge on any atom is -0.472 e. The first-order chi connectivity index (χ1) is 11.5. The van der Waals surface area contributed by atoms with Gasteiger partial charge < -0.3 is 44.8 Å². The van der Waals surface area contributed by atoms with Gasteiger partial charge in [0.15, 0.2) is 6.29 Å². The van der Waals surface area contributed by atoms with E-state index in [0.29, 0.717) is 5.57 Å². The van der Waals surface area contributed by atoms with E-state index < -0.39 is 61.5 Å². The van der Waals surface area contributed by atoms with Gasteiger partial charge in [-0.05, 0) is 5.57 Å². The molecule has 0 aromatic heterocycles. The molecule has 9 nitrogen and oxygen atoms in total. The lowest BCUT2D eigenvalue weighted by molar-refractivity contribution is -0.339. The van der Waals surface area contributed by atoms with Crippen LogP contribution in [-0.2, 0) is 14.2 Å². The van der Waals surface area contributed by atoms with Crippen LogP contribution in [-0.4, -0.2) is 87.0 Å². The number of aliphatic hydroxyl groups is 6. The van der Waals surface area contributed by atoms with E-state index in [9.17, 15) is 30.6 Å². The summed E-state index contributed by atoms with van der Waals surface area (Å²) in [7, 11) is 0. The topological polar surface area (TPSA) is 149 Å². The molecule has 1 saturated heterocycles. The number of hydrogen-bond acceptors (Lipinski definition) is 9. The van der Waals surface area contributed by atoms with Crippen LogP contribution < -0.4 is 0 Å². The van der Waals surface area contributed by atoms with Crippen LogP contribution in [0.15, 0.2) is 24.0 Å². The molecule has 1 aliphatic carbocycles. The zero-order chi connectivity index (χ0) is 17.4. The molecule has 0 saturated carbocycles. The Labute approximate surface area is 138 Å². The summed E-state index contributed by atoms with van der Waals surface area (Å²) < 4.78 is 16.3.